The molecule has 5 heteroatoms. The Balaban J connectivity index is 1.87. The molecule has 0 amide bonds. The Bertz CT molecular complexity index is 433. The second-order valence-corrected chi connectivity index (χ2v) is 5.31. The third-order valence-corrected chi connectivity index (χ3v) is 3.70. The molecule has 1 saturated heterocycles. The number of hydrogen-bond donors (Lipinski definition) is 1. The lowest BCUT2D eigenvalue weighted by molar-refractivity contribution is -0.384. The smallest absolute Gasteiger partial charge is 0.269 e. The van der Waals surface area contributed by atoms with Crippen LogP contribution in [-0.4, -0.2) is 23.6 Å². The summed E-state index contributed by atoms with van der Waals surface area (Å²) in [4.78, 5) is 10.2. The zero-order valence-corrected chi connectivity index (χ0v) is 11.9. The molecule has 1 heterocycles. The standard InChI is InChI=1S/C15H22N2O3/c1-2-3-4-12-11-15(9-10-16-12)20-14-7-5-13(6-8-14)17(18)19/h5-8,12,15-16H,2-4,9-11H2,1H3. The molecule has 2 atom stereocenters. The minimum absolute atomic E-state index is 0.100. The number of ether oxygens (including phenoxy) is 1. The van der Waals surface area contributed by atoms with Gasteiger partial charge in [-0.15, -0.1) is 0 Å². The molecule has 1 fully saturated rings. The molecular weight excluding hydrogens is 256 g/mol. The number of nitrogens with one attached hydrogen (secondary N) is 1. The summed E-state index contributed by atoms with van der Waals surface area (Å²) < 4.78 is 5.94. The zero-order valence-electron chi connectivity index (χ0n) is 11.9. The van der Waals surface area contributed by atoms with Crippen LogP contribution in [0.1, 0.15) is 39.0 Å². The summed E-state index contributed by atoms with van der Waals surface area (Å²) in [5.74, 6) is 0.719. The molecule has 1 aliphatic rings. The summed E-state index contributed by atoms with van der Waals surface area (Å²) in [6, 6.07) is 6.88. The van der Waals surface area contributed by atoms with Gasteiger partial charge < -0.3 is 10.1 Å². The van der Waals surface area contributed by atoms with Crippen molar-refractivity contribution in [2.45, 2.75) is 51.2 Å². The molecule has 0 radical (unpaired) electrons. The Labute approximate surface area is 119 Å². The van der Waals surface area contributed by atoms with E-state index in [0.29, 0.717) is 6.04 Å². The topological polar surface area (TPSA) is 64.4 Å². The number of nitrogens with zero attached hydrogens (tertiary/aromatic N) is 1. The Kier molecular flexibility index (Phi) is 5.35. The highest BCUT2D eigenvalue weighted by Gasteiger charge is 2.22. The van der Waals surface area contributed by atoms with E-state index in [4.69, 9.17) is 4.74 Å². The first-order valence-corrected chi connectivity index (χ1v) is 7.33. The van der Waals surface area contributed by atoms with Gasteiger partial charge in [0.1, 0.15) is 11.9 Å². The van der Waals surface area contributed by atoms with Crippen molar-refractivity contribution in [1.29, 1.82) is 0 Å². The maximum Gasteiger partial charge on any atom is 0.269 e. The molecule has 0 aromatic heterocycles. The third kappa shape index (κ3) is 4.20. The van der Waals surface area contributed by atoms with Crippen molar-refractivity contribution in [2.75, 3.05) is 6.54 Å². The zero-order chi connectivity index (χ0) is 14.4. The Morgan fingerprint density at radius 3 is 2.80 bits per heavy atom. The lowest BCUT2D eigenvalue weighted by Crippen LogP contribution is -2.42. The van der Waals surface area contributed by atoms with E-state index >= 15 is 0 Å². The highest BCUT2D eigenvalue weighted by Crippen LogP contribution is 2.22. The van der Waals surface area contributed by atoms with E-state index in [1.54, 1.807) is 12.1 Å². The molecule has 0 saturated carbocycles. The van der Waals surface area contributed by atoms with Gasteiger partial charge in [-0.3, -0.25) is 10.1 Å². The van der Waals surface area contributed by atoms with Crippen LogP contribution in [0.3, 0.4) is 0 Å². The highest BCUT2D eigenvalue weighted by atomic mass is 16.6. The van der Waals surface area contributed by atoms with Gasteiger partial charge in [0.15, 0.2) is 0 Å². The third-order valence-electron chi connectivity index (χ3n) is 3.70. The molecule has 5 nitrogen and oxygen atoms in total. The van der Waals surface area contributed by atoms with Crippen molar-refractivity contribution in [3.63, 3.8) is 0 Å². The van der Waals surface area contributed by atoms with Crippen molar-refractivity contribution in [3.8, 4) is 5.75 Å². The predicted octanol–water partition coefficient (Wildman–Crippen LogP) is 3.28. The van der Waals surface area contributed by atoms with Gasteiger partial charge in [0.25, 0.3) is 5.69 Å². The van der Waals surface area contributed by atoms with Crippen molar-refractivity contribution >= 4 is 5.69 Å². The normalized spacial score (nSPS) is 22.4. The Morgan fingerprint density at radius 2 is 2.15 bits per heavy atom. The van der Waals surface area contributed by atoms with Gasteiger partial charge in [-0.1, -0.05) is 19.8 Å². The van der Waals surface area contributed by atoms with E-state index in [9.17, 15) is 10.1 Å². The van der Waals surface area contributed by atoms with E-state index in [2.05, 4.69) is 12.2 Å². The molecule has 1 N–H and O–H groups in total. The second-order valence-electron chi connectivity index (χ2n) is 5.31. The average molecular weight is 278 g/mol. The van der Waals surface area contributed by atoms with Gasteiger partial charge in [-0.2, -0.15) is 0 Å². The Hall–Kier alpha value is -1.62. The van der Waals surface area contributed by atoms with Crippen LogP contribution >= 0.6 is 0 Å². The minimum Gasteiger partial charge on any atom is -0.490 e. The summed E-state index contributed by atoms with van der Waals surface area (Å²) >= 11 is 0. The Morgan fingerprint density at radius 1 is 1.40 bits per heavy atom. The van der Waals surface area contributed by atoms with Gasteiger partial charge in [0, 0.05) is 18.2 Å². The van der Waals surface area contributed by atoms with Crippen LogP contribution in [0.5, 0.6) is 5.75 Å². The lowest BCUT2D eigenvalue weighted by Gasteiger charge is -2.30. The molecule has 0 bridgehead atoms. The molecule has 1 aromatic carbocycles. The predicted molar refractivity (Wildman–Crippen MR) is 78.1 cm³/mol. The summed E-state index contributed by atoms with van der Waals surface area (Å²) in [6.45, 7) is 3.18. The van der Waals surface area contributed by atoms with Crippen molar-refractivity contribution in [1.82, 2.24) is 5.32 Å². The summed E-state index contributed by atoms with van der Waals surface area (Å²) in [7, 11) is 0. The van der Waals surface area contributed by atoms with Gasteiger partial charge in [0.05, 0.1) is 4.92 Å². The first-order valence-electron chi connectivity index (χ1n) is 7.33. The van der Waals surface area contributed by atoms with Crippen LogP contribution in [0.2, 0.25) is 0 Å². The fraction of sp³-hybridized carbons (Fsp3) is 0.600. The molecule has 0 aliphatic carbocycles. The summed E-state index contributed by atoms with van der Waals surface area (Å²) in [5.41, 5.74) is 0.100. The quantitative estimate of drug-likeness (QED) is 0.640. The number of hydrogen-bond acceptors (Lipinski definition) is 4. The molecule has 0 spiro atoms. The van der Waals surface area contributed by atoms with E-state index in [-0.39, 0.29) is 11.8 Å². The molecule has 1 aliphatic heterocycles. The minimum atomic E-state index is -0.394. The largest absolute Gasteiger partial charge is 0.490 e. The van der Waals surface area contributed by atoms with Crippen LogP contribution in [0.4, 0.5) is 5.69 Å². The van der Waals surface area contributed by atoms with Crippen molar-refractivity contribution < 1.29 is 9.66 Å². The summed E-state index contributed by atoms with van der Waals surface area (Å²) in [6.07, 6.45) is 5.85. The molecule has 2 rings (SSSR count). The van der Waals surface area contributed by atoms with Crippen LogP contribution in [0.15, 0.2) is 24.3 Å². The second kappa shape index (κ2) is 7.24. The monoisotopic (exact) mass is 278 g/mol. The summed E-state index contributed by atoms with van der Waals surface area (Å²) in [5, 5.41) is 14.1. The number of rotatable bonds is 6. The lowest BCUT2D eigenvalue weighted by atomic mass is 9.97. The van der Waals surface area contributed by atoms with E-state index in [0.717, 1.165) is 25.1 Å². The van der Waals surface area contributed by atoms with Crippen LogP contribution in [0, 0.1) is 10.1 Å². The highest BCUT2D eigenvalue weighted by molar-refractivity contribution is 5.36. The molecular formula is C15H22N2O3. The number of benzene rings is 1. The fourth-order valence-electron chi connectivity index (χ4n) is 2.58. The molecule has 110 valence electrons. The number of unbranched alkanes of at least 4 members (excludes halogenated alkanes) is 1. The van der Waals surface area contributed by atoms with Gasteiger partial charge in [-0.25, -0.2) is 0 Å². The van der Waals surface area contributed by atoms with Gasteiger partial charge in [-0.05, 0) is 37.9 Å². The SMILES string of the molecule is CCCCC1CC(Oc2ccc([N+](=O)[O-])cc2)CCN1. The molecule has 20 heavy (non-hydrogen) atoms. The van der Waals surface area contributed by atoms with Crippen molar-refractivity contribution in [2.24, 2.45) is 0 Å². The molecule has 1 aromatic rings. The van der Waals surface area contributed by atoms with E-state index < -0.39 is 4.92 Å². The average Bonchev–Trinajstić information content (AvgIpc) is 2.46. The first-order chi connectivity index (χ1) is 9.69. The number of nitro benzene ring substituents is 1. The van der Waals surface area contributed by atoms with Crippen LogP contribution in [-0.2, 0) is 0 Å². The number of nitro groups is 1. The van der Waals surface area contributed by atoms with Crippen LogP contribution < -0.4 is 10.1 Å². The van der Waals surface area contributed by atoms with Crippen LogP contribution in [0.25, 0.3) is 0 Å². The maximum atomic E-state index is 10.6. The maximum absolute atomic E-state index is 10.6. The van der Waals surface area contributed by atoms with Gasteiger partial charge >= 0.3 is 0 Å². The first kappa shape index (κ1) is 14.8. The number of piperidine rings is 1. The number of non-ortho nitro benzene ring substituents is 1. The van der Waals surface area contributed by atoms with Gasteiger partial charge in [0.2, 0.25) is 0 Å². The fourth-order valence-corrected chi connectivity index (χ4v) is 2.58. The molecule has 2 unspecified atom stereocenters. The van der Waals surface area contributed by atoms with Crippen molar-refractivity contribution in [3.05, 3.63) is 34.4 Å². The van der Waals surface area contributed by atoms with E-state index in [1.807, 2.05) is 0 Å². The van der Waals surface area contributed by atoms with E-state index in [1.165, 1.54) is 31.4 Å².